The fourth-order valence-corrected chi connectivity index (χ4v) is 3.03. The van der Waals surface area contributed by atoms with Crippen molar-refractivity contribution < 1.29 is 5.11 Å². The summed E-state index contributed by atoms with van der Waals surface area (Å²) in [6.45, 7) is 4.57. The van der Waals surface area contributed by atoms with Gasteiger partial charge in [-0.1, -0.05) is 26.0 Å². The van der Waals surface area contributed by atoms with E-state index in [2.05, 4.69) is 19.9 Å². The van der Waals surface area contributed by atoms with Gasteiger partial charge >= 0.3 is 0 Å². The first-order chi connectivity index (χ1) is 7.99. The molecule has 0 aromatic heterocycles. The minimum atomic E-state index is -0.0969. The second-order valence-corrected chi connectivity index (χ2v) is 5.86. The highest BCUT2D eigenvalue weighted by molar-refractivity contribution is 5.28. The molecule has 3 N–H and O–H groups in total. The maximum Gasteiger partial charge on any atom is 0.115 e. The molecule has 2 heteroatoms. The minimum Gasteiger partial charge on any atom is -0.508 e. The molecule has 0 heterocycles. The Balaban J connectivity index is 2.11. The van der Waals surface area contributed by atoms with E-state index in [0.29, 0.717) is 11.7 Å². The molecule has 0 spiro atoms. The number of benzene rings is 1. The van der Waals surface area contributed by atoms with E-state index in [9.17, 15) is 5.11 Å². The van der Waals surface area contributed by atoms with Crippen LogP contribution in [0.2, 0.25) is 0 Å². The van der Waals surface area contributed by atoms with Crippen LogP contribution in [0.4, 0.5) is 0 Å². The number of nitrogens with two attached hydrogens (primary N) is 1. The van der Waals surface area contributed by atoms with Gasteiger partial charge in [-0.2, -0.15) is 0 Å². The van der Waals surface area contributed by atoms with Crippen LogP contribution in [0.25, 0.3) is 0 Å². The van der Waals surface area contributed by atoms with Crippen LogP contribution >= 0.6 is 0 Å². The maximum atomic E-state index is 9.49. The number of hydrogen-bond acceptors (Lipinski definition) is 2. The highest BCUT2D eigenvalue weighted by Gasteiger charge is 2.36. The Morgan fingerprint density at radius 3 is 2.82 bits per heavy atom. The molecule has 94 valence electrons. The fraction of sp³-hybridized carbons (Fsp3) is 0.600. The Morgan fingerprint density at radius 1 is 1.41 bits per heavy atom. The summed E-state index contributed by atoms with van der Waals surface area (Å²) in [6, 6.07) is 7.49. The molecule has 0 radical (unpaired) electrons. The van der Waals surface area contributed by atoms with E-state index in [1.54, 1.807) is 6.07 Å². The van der Waals surface area contributed by atoms with Gasteiger partial charge in [0.25, 0.3) is 0 Å². The van der Waals surface area contributed by atoms with Crippen molar-refractivity contribution in [2.75, 3.05) is 0 Å². The van der Waals surface area contributed by atoms with Crippen molar-refractivity contribution in [3.63, 3.8) is 0 Å². The molecule has 0 aliphatic heterocycles. The molecule has 1 fully saturated rings. The first-order valence-corrected chi connectivity index (χ1v) is 6.56. The second kappa shape index (κ2) is 4.69. The summed E-state index contributed by atoms with van der Waals surface area (Å²) in [5.41, 5.74) is 7.62. The molecule has 0 bridgehead atoms. The third-order valence-corrected chi connectivity index (χ3v) is 4.28. The lowest BCUT2D eigenvalue weighted by molar-refractivity contribution is 0.163. The van der Waals surface area contributed by atoms with Gasteiger partial charge in [0, 0.05) is 5.54 Å². The average Bonchev–Trinajstić information content (AvgIpc) is 2.25. The zero-order valence-corrected chi connectivity index (χ0v) is 10.8. The summed E-state index contributed by atoms with van der Waals surface area (Å²) in [5, 5.41) is 9.49. The van der Waals surface area contributed by atoms with Gasteiger partial charge in [-0.25, -0.2) is 0 Å². The van der Waals surface area contributed by atoms with E-state index >= 15 is 0 Å². The Morgan fingerprint density at radius 2 is 2.18 bits per heavy atom. The van der Waals surface area contributed by atoms with E-state index < -0.39 is 0 Å². The van der Waals surface area contributed by atoms with Gasteiger partial charge in [-0.3, -0.25) is 0 Å². The van der Waals surface area contributed by atoms with E-state index in [1.807, 2.05) is 12.1 Å². The molecule has 1 saturated carbocycles. The minimum absolute atomic E-state index is 0.0969. The third kappa shape index (κ3) is 2.81. The largest absolute Gasteiger partial charge is 0.508 e. The van der Waals surface area contributed by atoms with Gasteiger partial charge in [-0.05, 0) is 55.2 Å². The number of aromatic hydroxyl groups is 1. The Hall–Kier alpha value is -1.02. The van der Waals surface area contributed by atoms with Crippen LogP contribution in [-0.4, -0.2) is 10.6 Å². The molecule has 1 aliphatic carbocycles. The predicted molar refractivity (Wildman–Crippen MR) is 70.9 cm³/mol. The summed E-state index contributed by atoms with van der Waals surface area (Å²) in [7, 11) is 0. The Bertz CT molecular complexity index is 390. The number of phenolic OH excluding ortho intramolecular Hbond substituents is 1. The normalized spacial score (nSPS) is 33.6. The molecular weight excluding hydrogens is 210 g/mol. The Labute approximate surface area is 104 Å². The highest BCUT2D eigenvalue weighted by Crippen LogP contribution is 2.37. The third-order valence-electron chi connectivity index (χ3n) is 4.28. The topological polar surface area (TPSA) is 46.2 Å². The van der Waals surface area contributed by atoms with Crippen LogP contribution in [-0.2, 0) is 6.42 Å². The first-order valence-electron chi connectivity index (χ1n) is 6.56. The van der Waals surface area contributed by atoms with E-state index in [0.717, 1.165) is 24.3 Å². The molecule has 2 nitrogen and oxygen atoms in total. The van der Waals surface area contributed by atoms with Crippen LogP contribution in [0.5, 0.6) is 5.75 Å². The summed E-state index contributed by atoms with van der Waals surface area (Å²) in [4.78, 5) is 0. The molecule has 2 rings (SSSR count). The van der Waals surface area contributed by atoms with E-state index in [4.69, 9.17) is 5.73 Å². The molecule has 1 aromatic carbocycles. The molecule has 3 unspecified atom stereocenters. The van der Waals surface area contributed by atoms with Crippen molar-refractivity contribution in [2.45, 2.75) is 45.1 Å². The maximum absolute atomic E-state index is 9.49. The summed E-state index contributed by atoms with van der Waals surface area (Å²) < 4.78 is 0. The summed E-state index contributed by atoms with van der Waals surface area (Å²) in [5.74, 6) is 1.68. The second-order valence-electron chi connectivity index (χ2n) is 5.86. The van der Waals surface area contributed by atoms with Crippen LogP contribution in [0, 0.1) is 11.8 Å². The monoisotopic (exact) mass is 233 g/mol. The quantitative estimate of drug-likeness (QED) is 0.824. The molecule has 1 aromatic rings. The highest BCUT2D eigenvalue weighted by atomic mass is 16.3. The molecule has 3 atom stereocenters. The van der Waals surface area contributed by atoms with Crippen molar-refractivity contribution in [1.82, 2.24) is 0 Å². The average molecular weight is 233 g/mol. The number of hydrogen-bond donors (Lipinski definition) is 2. The standard InChI is InChI=1S/C15H23NO/c1-11-6-7-15(16,12(2)8-11)10-13-4-3-5-14(17)9-13/h3-5,9,11-12,17H,6-8,10,16H2,1-2H3. The van der Waals surface area contributed by atoms with Crippen LogP contribution in [0.15, 0.2) is 24.3 Å². The fourth-order valence-electron chi connectivity index (χ4n) is 3.03. The zero-order valence-electron chi connectivity index (χ0n) is 10.8. The van der Waals surface area contributed by atoms with Crippen LogP contribution < -0.4 is 5.73 Å². The zero-order chi connectivity index (χ0) is 12.5. The van der Waals surface area contributed by atoms with Gasteiger partial charge in [0.1, 0.15) is 5.75 Å². The first kappa shape index (κ1) is 12.4. The van der Waals surface area contributed by atoms with E-state index in [-0.39, 0.29) is 5.54 Å². The Kier molecular flexibility index (Phi) is 3.43. The molecule has 17 heavy (non-hydrogen) atoms. The van der Waals surface area contributed by atoms with E-state index in [1.165, 1.54) is 12.8 Å². The lowest BCUT2D eigenvalue weighted by atomic mass is 9.68. The van der Waals surface area contributed by atoms with Gasteiger partial charge in [-0.15, -0.1) is 0 Å². The van der Waals surface area contributed by atoms with Gasteiger partial charge in [0.05, 0.1) is 0 Å². The van der Waals surface area contributed by atoms with Crippen LogP contribution in [0.3, 0.4) is 0 Å². The number of phenols is 1. The molecule has 1 aliphatic rings. The van der Waals surface area contributed by atoms with Gasteiger partial charge in [0.2, 0.25) is 0 Å². The van der Waals surface area contributed by atoms with Crippen molar-refractivity contribution in [3.8, 4) is 5.75 Å². The molecular formula is C15H23NO. The van der Waals surface area contributed by atoms with Crippen molar-refractivity contribution >= 4 is 0 Å². The predicted octanol–water partition coefficient (Wildman–Crippen LogP) is 3.09. The SMILES string of the molecule is CC1CCC(N)(Cc2cccc(O)c2)C(C)C1. The van der Waals surface area contributed by atoms with Gasteiger partial charge < -0.3 is 10.8 Å². The van der Waals surface area contributed by atoms with Gasteiger partial charge in [0.15, 0.2) is 0 Å². The summed E-state index contributed by atoms with van der Waals surface area (Å²) in [6.07, 6.45) is 4.40. The van der Waals surface area contributed by atoms with Crippen molar-refractivity contribution in [2.24, 2.45) is 17.6 Å². The van der Waals surface area contributed by atoms with Crippen molar-refractivity contribution in [1.29, 1.82) is 0 Å². The molecule has 0 amide bonds. The smallest absolute Gasteiger partial charge is 0.115 e. The van der Waals surface area contributed by atoms with Crippen molar-refractivity contribution in [3.05, 3.63) is 29.8 Å². The number of rotatable bonds is 2. The lowest BCUT2D eigenvalue weighted by Crippen LogP contribution is -2.51. The summed E-state index contributed by atoms with van der Waals surface area (Å²) >= 11 is 0. The van der Waals surface area contributed by atoms with Crippen LogP contribution in [0.1, 0.15) is 38.7 Å². The molecule has 0 saturated heterocycles. The lowest BCUT2D eigenvalue weighted by Gasteiger charge is -2.42.